The van der Waals surface area contributed by atoms with E-state index in [0.717, 1.165) is 11.2 Å². The van der Waals surface area contributed by atoms with E-state index in [2.05, 4.69) is 22.3 Å². The largest absolute Gasteiger partial charge is 0.476 e. The summed E-state index contributed by atoms with van der Waals surface area (Å²) in [7, 11) is 0. The van der Waals surface area contributed by atoms with Gasteiger partial charge in [-0.25, -0.2) is 4.79 Å². The quantitative estimate of drug-likeness (QED) is 0.535. The van der Waals surface area contributed by atoms with Crippen LogP contribution in [0.4, 0.5) is 11.5 Å². The van der Waals surface area contributed by atoms with Crippen LogP contribution < -0.4 is 4.90 Å². The van der Waals surface area contributed by atoms with E-state index >= 15 is 0 Å². The zero-order valence-corrected chi connectivity index (χ0v) is 14.8. The first-order chi connectivity index (χ1) is 13.5. The van der Waals surface area contributed by atoms with Crippen LogP contribution in [0.5, 0.6) is 0 Å². The Hall–Kier alpha value is -3.75. The van der Waals surface area contributed by atoms with Crippen molar-refractivity contribution in [3.05, 3.63) is 76.0 Å². The standard InChI is InChI=1S/C19H17N5O4/c25-19(26)17-18(22-11-10-14(12-22)13-6-2-1-3-7-13)21-23(20-17)15-8-4-5-9-16(15)24(27)28/h1-9,14H,10-12H2,(H,25,26). The predicted molar refractivity (Wildman–Crippen MR) is 101 cm³/mol. The van der Waals surface area contributed by atoms with E-state index in [9.17, 15) is 20.0 Å². The summed E-state index contributed by atoms with van der Waals surface area (Å²) < 4.78 is 0. The monoisotopic (exact) mass is 379 g/mol. The maximum atomic E-state index is 11.7. The summed E-state index contributed by atoms with van der Waals surface area (Å²) in [6.45, 7) is 1.25. The van der Waals surface area contributed by atoms with Crippen LogP contribution in [0.1, 0.15) is 28.4 Å². The second kappa shape index (κ2) is 7.10. The number of carboxylic acid groups (broad SMARTS) is 1. The van der Waals surface area contributed by atoms with Gasteiger partial charge in [0.15, 0.2) is 11.5 Å². The van der Waals surface area contributed by atoms with E-state index in [-0.39, 0.29) is 28.8 Å². The van der Waals surface area contributed by atoms with Crippen LogP contribution in [0.15, 0.2) is 54.6 Å². The third-order valence-electron chi connectivity index (χ3n) is 4.85. The predicted octanol–water partition coefficient (Wildman–Crippen LogP) is 2.87. The maximum Gasteiger partial charge on any atom is 0.360 e. The summed E-state index contributed by atoms with van der Waals surface area (Å²) in [6.07, 6.45) is 0.863. The number of benzene rings is 2. The Morgan fingerprint density at radius 2 is 1.82 bits per heavy atom. The van der Waals surface area contributed by atoms with Gasteiger partial charge < -0.3 is 10.0 Å². The highest BCUT2D eigenvalue weighted by molar-refractivity contribution is 5.91. The van der Waals surface area contributed by atoms with E-state index in [0.29, 0.717) is 13.1 Å². The number of nitro benzene ring substituents is 1. The Morgan fingerprint density at radius 1 is 1.11 bits per heavy atom. The number of para-hydroxylation sites is 2. The molecule has 1 fully saturated rings. The van der Waals surface area contributed by atoms with Crippen molar-refractivity contribution >= 4 is 17.5 Å². The molecule has 1 aliphatic heterocycles. The summed E-state index contributed by atoms with van der Waals surface area (Å²) in [5.74, 6) is -0.730. The van der Waals surface area contributed by atoms with Crippen molar-refractivity contribution in [2.24, 2.45) is 0 Å². The molecule has 2 heterocycles. The minimum absolute atomic E-state index is 0.125. The van der Waals surface area contributed by atoms with Crippen molar-refractivity contribution in [1.29, 1.82) is 0 Å². The molecule has 0 radical (unpaired) electrons. The fraction of sp³-hybridized carbons (Fsp3) is 0.211. The molecule has 0 spiro atoms. The molecule has 142 valence electrons. The Bertz CT molecular complexity index is 1030. The van der Waals surface area contributed by atoms with Crippen LogP contribution >= 0.6 is 0 Å². The number of rotatable bonds is 5. The molecule has 0 bridgehead atoms. The summed E-state index contributed by atoms with van der Waals surface area (Å²) in [6, 6.07) is 16.0. The lowest BCUT2D eigenvalue weighted by molar-refractivity contribution is -0.384. The molecule has 1 aliphatic rings. The van der Waals surface area contributed by atoms with Crippen molar-refractivity contribution in [3.63, 3.8) is 0 Å². The topological polar surface area (TPSA) is 114 Å². The number of carbonyl (C=O) groups is 1. The van der Waals surface area contributed by atoms with E-state index in [1.807, 2.05) is 23.1 Å². The van der Waals surface area contributed by atoms with E-state index in [4.69, 9.17) is 0 Å². The Labute approximate surface area is 160 Å². The average Bonchev–Trinajstić information content (AvgIpc) is 3.36. The summed E-state index contributed by atoms with van der Waals surface area (Å²) in [5, 5.41) is 29.2. The minimum Gasteiger partial charge on any atom is -0.476 e. The average molecular weight is 379 g/mol. The van der Waals surface area contributed by atoms with Crippen molar-refractivity contribution in [1.82, 2.24) is 15.0 Å². The number of carboxylic acids is 1. The van der Waals surface area contributed by atoms with E-state index in [1.54, 1.807) is 6.07 Å². The molecular formula is C19H17N5O4. The molecule has 1 saturated heterocycles. The van der Waals surface area contributed by atoms with Gasteiger partial charge in [-0.05, 0) is 18.1 Å². The summed E-state index contributed by atoms with van der Waals surface area (Å²) in [4.78, 5) is 25.4. The normalized spacial score (nSPS) is 16.3. The lowest BCUT2D eigenvalue weighted by atomic mass is 9.99. The number of anilines is 1. The second-order valence-corrected chi connectivity index (χ2v) is 6.55. The first-order valence-corrected chi connectivity index (χ1v) is 8.79. The maximum absolute atomic E-state index is 11.7. The SMILES string of the molecule is O=C(O)c1nn(-c2ccccc2[N+](=O)[O-])nc1N1CCC(c2ccccc2)C1. The van der Waals surface area contributed by atoms with Crippen molar-refractivity contribution in [2.75, 3.05) is 18.0 Å². The smallest absolute Gasteiger partial charge is 0.360 e. The number of aromatic carboxylic acids is 1. The van der Waals surface area contributed by atoms with Gasteiger partial charge in [-0.1, -0.05) is 42.5 Å². The molecule has 1 atom stereocenters. The van der Waals surface area contributed by atoms with Crippen molar-refractivity contribution < 1.29 is 14.8 Å². The summed E-state index contributed by atoms with van der Waals surface area (Å²) in [5.41, 5.74) is 0.907. The molecule has 28 heavy (non-hydrogen) atoms. The molecule has 0 aliphatic carbocycles. The van der Waals surface area contributed by atoms with Gasteiger partial charge in [0.2, 0.25) is 5.69 Å². The van der Waals surface area contributed by atoms with Crippen LogP contribution in [-0.4, -0.2) is 44.1 Å². The highest BCUT2D eigenvalue weighted by atomic mass is 16.6. The number of nitrogens with zero attached hydrogens (tertiary/aromatic N) is 5. The van der Waals surface area contributed by atoms with Gasteiger partial charge >= 0.3 is 5.97 Å². The van der Waals surface area contributed by atoms with E-state index in [1.165, 1.54) is 23.8 Å². The highest BCUT2D eigenvalue weighted by Crippen LogP contribution is 2.32. The van der Waals surface area contributed by atoms with Crippen LogP contribution in [-0.2, 0) is 0 Å². The van der Waals surface area contributed by atoms with Gasteiger partial charge in [-0.15, -0.1) is 15.0 Å². The minimum atomic E-state index is -1.22. The molecule has 1 unspecified atom stereocenters. The molecule has 9 nitrogen and oxygen atoms in total. The third-order valence-corrected chi connectivity index (χ3v) is 4.85. The number of nitro groups is 1. The molecule has 9 heteroatoms. The molecular weight excluding hydrogens is 362 g/mol. The molecule has 3 aromatic rings. The van der Waals surface area contributed by atoms with Gasteiger partial charge in [-0.2, -0.15) is 0 Å². The van der Waals surface area contributed by atoms with Crippen LogP contribution in [0, 0.1) is 10.1 Å². The Morgan fingerprint density at radius 3 is 2.54 bits per heavy atom. The molecule has 1 N–H and O–H groups in total. The van der Waals surface area contributed by atoms with Crippen molar-refractivity contribution in [3.8, 4) is 5.69 Å². The molecule has 0 saturated carbocycles. The Kier molecular flexibility index (Phi) is 4.48. The zero-order valence-electron chi connectivity index (χ0n) is 14.8. The van der Waals surface area contributed by atoms with Crippen molar-refractivity contribution in [2.45, 2.75) is 12.3 Å². The third kappa shape index (κ3) is 3.18. The lowest BCUT2D eigenvalue weighted by Crippen LogP contribution is -2.22. The highest BCUT2D eigenvalue weighted by Gasteiger charge is 2.31. The second-order valence-electron chi connectivity index (χ2n) is 6.55. The number of hydrogen-bond acceptors (Lipinski definition) is 6. The van der Waals surface area contributed by atoms with Crippen LogP contribution in [0.25, 0.3) is 5.69 Å². The number of hydrogen-bond donors (Lipinski definition) is 1. The van der Waals surface area contributed by atoms with Gasteiger partial charge in [0.1, 0.15) is 0 Å². The fourth-order valence-corrected chi connectivity index (χ4v) is 3.50. The molecule has 1 aromatic heterocycles. The first kappa shape index (κ1) is 17.7. The molecule has 2 aromatic carbocycles. The van der Waals surface area contributed by atoms with Crippen LogP contribution in [0.3, 0.4) is 0 Å². The number of aromatic nitrogens is 3. The summed E-state index contributed by atoms with van der Waals surface area (Å²) >= 11 is 0. The molecule has 0 amide bonds. The fourth-order valence-electron chi connectivity index (χ4n) is 3.50. The first-order valence-electron chi connectivity index (χ1n) is 8.79. The van der Waals surface area contributed by atoms with Gasteiger partial charge in [0, 0.05) is 25.1 Å². The van der Waals surface area contributed by atoms with Gasteiger partial charge in [0.05, 0.1) is 4.92 Å². The van der Waals surface area contributed by atoms with E-state index < -0.39 is 10.9 Å². The Balaban J connectivity index is 1.69. The zero-order chi connectivity index (χ0) is 19.7. The molecule has 4 rings (SSSR count). The van der Waals surface area contributed by atoms with Crippen LogP contribution in [0.2, 0.25) is 0 Å². The lowest BCUT2D eigenvalue weighted by Gasteiger charge is -2.16. The van der Waals surface area contributed by atoms with Gasteiger partial charge in [-0.3, -0.25) is 10.1 Å². The van der Waals surface area contributed by atoms with Gasteiger partial charge in [0.25, 0.3) is 5.69 Å².